The number of alkyl halides is 1. The SMILES string of the molecule is O=C1CCC(O)(c2cc(C(=O)NCc3cccc(CF)c3F)cn3ncnc23)CC1. The van der Waals surface area contributed by atoms with Crippen LogP contribution in [-0.4, -0.2) is 31.4 Å². The smallest absolute Gasteiger partial charge is 0.253 e. The number of nitrogens with one attached hydrogen (secondary N) is 1. The molecule has 2 aromatic heterocycles. The van der Waals surface area contributed by atoms with Crippen molar-refractivity contribution in [1.82, 2.24) is 19.9 Å². The van der Waals surface area contributed by atoms with Crippen LogP contribution in [0.25, 0.3) is 5.65 Å². The summed E-state index contributed by atoms with van der Waals surface area (Å²) in [6.07, 6.45) is 3.75. The van der Waals surface area contributed by atoms with Crippen LogP contribution in [-0.2, 0) is 23.6 Å². The number of nitrogens with zero attached hydrogens (tertiary/aromatic N) is 3. The molecular weight excluding hydrogens is 394 g/mol. The highest BCUT2D eigenvalue weighted by atomic mass is 19.1. The number of hydrogen-bond acceptors (Lipinski definition) is 5. The van der Waals surface area contributed by atoms with Crippen LogP contribution >= 0.6 is 0 Å². The molecule has 1 amide bonds. The van der Waals surface area contributed by atoms with E-state index in [1.807, 2.05) is 0 Å². The van der Waals surface area contributed by atoms with Crippen molar-refractivity contribution >= 4 is 17.3 Å². The van der Waals surface area contributed by atoms with E-state index in [9.17, 15) is 23.5 Å². The summed E-state index contributed by atoms with van der Waals surface area (Å²) in [4.78, 5) is 28.5. The number of carbonyl (C=O) groups is 2. The van der Waals surface area contributed by atoms with Crippen LogP contribution < -0.4 is 5.32 Å². The van der Waals surface area contributed by atoms with Gasteiger partial charge in [-0.2, -0.15) is 5.10 Å². The summed E-state index contributed by atoms with van der Waals surface area (Å²) in [5.74, 6) is -1.10. The van der Waals surface area contributed by atoms with Gasteiger partial charge in [0.1, 0.15) is 24.6 Å². The van der Waals surface area contributed by atoms with Gasteiger partial charge in [0.05, 0.1) is 11.2 Å². The molecule has 156 valence electrons. The van der Waals surface area contributed by atoms with Gasteiger partial charge in [-0.25, -0.2) is 18.3 Å². The number of Topliss-reactive ketones (excluding diaryl/α,β-unsaturated/α-hetero) is 1. The molecule has 2 N–H and O–H groups in total. The van der Waals surface area contributed by atoms with Crippen LogP contribution in [0.1, 0.15) is 52.7 Å². The van der Waals surface area contributed by atoms with E-state index in [0.717, 1.165) is 0 Å². The fourth-order valence-electron chi connectivity index (χ4n) is 3.76. The number of amides is 1. The van der Waals surface area contributed by atoms with Gasteiger partial charge in [-0.1, -0.05) is 18.2 Å². The van der Waals surface area contributed by atoms with Crippen molar-refractivity contribution in [3.05, 3.63) is 64.9 Å². The second-order valence-corrected chi connectivity index (χ2v) is 7.45. The van der Waals surface area contributed by atoms with Gasteiger partial charge in [-0.05, 0) is 18.9 Å². The van der Waals surface area contributed by atoms with E-state index in [1.165, 1.54) is 41.3 Å². The lowest BCUT2D eigenvalue weighted by atomic mass is 9.79. The predicted molar refractivity (Wildman–Crippen MR) is 103 cm³/mol. The maximum absolute atomic E-state index is 14.2. The molecule has 1 aromatic carbocycles. The van der Waals surface area contributed by atoms with Crippen molar-refractivity contribution in [2.24, 2.45) is 0 Å². The number of halogens is 2. The minimum absolute atomic E-state index is 0.0675. The first-order valence-electron chi connectivity index (χ1n) is 9.59. The van der Waals surface area contributed by atoms with E-state index in [1.54, 1.807) is 0 Å². The van der Waals surface area contributed by atoms with Crippen molar-refractivity contribution in [2.45, 2.75) is 44.5 Å². The average molecular weight is 414 g/mol. The zero-order valence-electron chi connectivity index (χ0n) is 16.1. The number of pyridine rings is 1. The Bertz CT molecular complexity index is 1120. The van der Waals surface area contributed by atoms with E-state index in [0.29, 0.717) is 11.2 Å². The molecular formula is C21H20F2N4O3. The van der Waals surface area contributed by atoms with Crippen LogP contribution in [0.5, 0.6) is 0 Å². The number of hydrogen-bond donors (Lipinski definition) is 2. The van der Waals surface area contributed by atoms with Gasteiger partial charge < -0.3 is 10.4 Å². The van der Waals surface area contributed by atoms with Gasteiger partial charge in [-0.15, -0.1) is 0 Å². The van der Waals surface area contributed by atoms with Gasteiger partial charge >= 0.3 is 0 Å². The first-order chi connectivity index (χ1) is 14.4. The van der Waals surface area contributed by atoms with Crippen LogP contribution in [0.2, 0.25) is 0 Å². The molecule has 1 aliphatic carbocycles. The summed E-state index contributed by atoms with van der Waals surface area (Å²) >= 11 is 0. The molecule has 1 aliphatic rings. The van der Waals surface area contributed by atoms with Crippen molar-refractivity contribution in [2.75, 3.05) is 0 Å². The van der Waals surface area contributed by atoms with Crippen LogP contribution in [0.4, 0.5) is 8.78 Å². The van der Waals surface area contributed by atoms with E-state index in [-0.39, 0.29) is 54.7 Å². The topological polar surface area (TPSA) is 96.6 Å². The van der Waals surface area contributed by atoms with E-state index in [4.69, 9.17) is 0 Å². The van der Waals surface area contributed by atoms with Crippen LogP contribution in [0.3, 0.4) is 0 Å². The fourth-order valence-corrected chi connectivity index (χ4v) is 3.76. The first-order valence-corrected chi connectivity index (χ1v) is 9.59. The average Bonchev–Trinajstić information content (AvgIpc) is 3.23. The number of benzene rings is 1. The lowest BCUT2D eigenvalue weighted by Crippen LogP contribution is -2.33. The van der Waals surface area contributed by atoms with E-state index < -0.39 is 24.0 Å². The largest absolute Gasteiger partial charge is 0.385 e. The molecule has 0 unspecified atom stereocenters. The molecule has 2 heterocycles. The van der Waals surface area contributed by atoms with Gasteiger partial charge in [0, 0.05) is 42.3 Å². The van der Waals surface area contributed by atoms with Crippen molar-refractivity contribution in [3.63, 3.8) is 0 Å². The van der Waals surface area contributed by atoms with Crippen LogP contribution in [0, 0.1) is 5.82 Å². The number of fused-ring (bicyclic) bond motifs is 1. The van der Waals surface area contributed by atoms with Gasteiger partial charge in [0.2, 0.25) is 0 Å². The maximum Gasteiger partial charge on any atom is 0.253 e. The van der Waals surface area contributed by atoms with E-state index >= 15 is 0 Å². The van der Waals surface area contributed by atoms with Crippen molar-refractivity contribution in [3.8, 4) is 0 Å². The highest BCUT2D eigenvalue weighted by molar-refractivity contribution is 5.94. The third-order valence-electron chi connectivity index (χ3n) is 5.52. The Labute approximate surface area is 170 Å². The lowest BCUT2D eigenvalue weighted by molar-refractivity contribution is -0.125. The third kappa shape index (κ3) is 3.68. The molecule has 1 saturated carbocycles. The lowest BCUT2D eigenvalue weighted by Gasteiger charge is -2.32. The Morgan fingerprint density at radius 3 is 2.73 bits per heavy atom. The Morgan fingerprint density at radius 1 is 1.27 bits per heavy atom. The standard InChI is InChI=1S/C21H20F2N4O3/c22-9-13-2-1-3-14(18(13)23)10-24-20(29)15-8-17(19-25-12-26-27(19)11-15)21(30)6-4-16(28)5-7-21/h1-3,8,11-12,30H,4-7,9-10H2,(H,24,29). The second-order valence-electron chi connectivity index (χ2n) is 7.45. The summed E-state index contributed by atoms with van der Waals surface area (Å²) in [5, 5.41) is 17.8. The Kier molecular flexibility index (Phi) is 5.29. The summed E-state index contributed by atoms with van der Waals surface area (Å²) in [6, 6.07) is 5.88. The zero-order valence-corrected chi connectivity index (χ0v) is 16.1. The summed E-state index contributed by atoms with van der Waals surface area (Å²) in [5.41, 5.74) is -0.154. The summed E-state index contributed by atoms with van der Waals surface area (Å²) < 4.78 is 28.4. The predicted octanol–water partition coefficient (Wildman–Crippen LogP) is 2.60. The summed E-state index contributed by atoms with van der Waals surface area (Å²) in [7, 11) is 0. The monoisotopic (exact) mass is 414 g/mol. The highest BCUT2D eigenvalue weighted by Gasteiger charge is 2.37. The molecule has 0 bridgehead atoms. The number of aromatic nitrogens is 3. The highest BCUT2D eigenvalue weighted by Crippen LogP contribution is 2.37. The van der Waals surface area contributed by atoms with Gasteiger partial charge in [0.15, 0.2) is 5.65 Å². The van der Waals surface area contributed by atoms with Gasteiger partial charge in [-0.3, -0.25) is 9.59 Å². The Morgan fingerprint density at radius 2 is 2.00 bits per heavy atom. The fraction of sp³-hybridized carbons (Fsp3) is 0.333. The van der Waals surface area contributed by atoms with E-state index in [2.05, 4.69) is 15.4 Å². The van der Waals surface area contributed by atoms with Crippen LogP contribution in [0.15, 0.2) is 36.8 Å². The maximum atomic E-state index is 14.2. The first kappa shape index (κ1) is 20.1. The minimum atomic E-state index is -1.29. The molecule has 30 heavy (non-hydrogen) atoms. The van der Waals surface area contributed by atoms with Gasteiger partial charge in [0.25, 0.3) is 5.91 Å². The Balaban J connectivity index is 1.62. The second kappa shape index (κ2) is 7.91. The number of ketones is 1. The normalized spacial score (nSPS) is 16.0. The molecule has 0 spiro atoms. The van der Waals surface area contributed by atoms with Crippen molar-refractivity contribution < 1.29 is 23.5 Å². The number of rotatable bonds is 5. The molecule has 3 aromatic rings. The number of aliphatic hydroxyl groups is 1. The molecule has 4 rings (SSSR count). The summed E-state index contributed by atoms with van der Waals surface area (Å²) in [6.45, 7) is -1.05. The minimum Gasteiger partial charge on any atom is -0.385 e. The molecule has 1 fully saturated rings. The molecule has 0 radical (unpaired) electrons. The quantitative estimate of drug-likeness (QED) is 0.669. The third-order valence-corrected chi connectivity index (χ3v) is 5.52. The molecule has 0 aliphatic heterocycles. The zero-order chi connectivity index (χ0) is 21.3. The molecule has 0 saturated heterocycles. The Hall–Kier alpha value is -3.20. The molecule has 0 atom stereocenters. The molecule has 7 nitrogen and oxygen atoms in total. The van der Waals surface area contributed by atoms with Crippen molar-refractivity contribution in [1.29, 1.82) is 0 Å². The number of carbonyl (C=O) groups excluding carboxylic acids is 2. The molecule has 9 heteroatoms.